The molecule has 8 heteroatoms. The predicted octanol–water partition coefficient (Wildman–Crippen LogP) is 2.97. The Kier molecular flexibility index (Phi) is 4.42. The molecule has 1 N–H and O–H groups in total. The number of pyridine rings is 1. The normalized spacial score (nSPS) is 13.9. The first kappa shape index (κ1) is 16.1. The average Bonchev–Trinajstić information content (AvgIpc) is 3.24. The summed E-state index contributed by atoms with van der Waals surface area (Å²) in [6.07, 6.45) is 1.70. The fourth-order valence-corrected chi connectivity index (χ4v) is 3.51. The Hall–Kier alpha value is -2.38. The van der Waals surface area contributed by atoms with Crippen LogP contribution in [0.15, 0.2) is 47.6 Å². The van der Waals surface area contributed by atoms with Crippen molar-refractivity contribution >= 4 is 45.6 Å². The molecule has 6 nitrogen and oxygen atoms in total. The van der Waals surface area contributed by atoms with Crippen LogP contribution >= 0.6 is 23.4 Å². The monoisotopic (exact) mass is 371 g/mol. The van der Waals surface area contributed by atoms with Crippen LogP contribution in [0.3, 0.4) is 0 Å². The van der Waals surface area contributed by atoms with E-state index in [-0.39, 0.29) is 12.5 Å². The van der Waals surface area contributed by atoms with Crippen molar-refractivity contribution in [1.29, 1.82) is 0 Å². The van der Waals surface area contributed by atoms with E-state index in [1.165, 1.54) is 0 Å². The van der Waals surface area contributed by atoms with E-state index in [2.05, 4.69) is 20.3 Å². The summed E-state index contributed by atoms with van der Waals surface area (Å²) in [7, 11) is 0. The van der Waals surface area contributed by atoms with Crippen LogP contribution in [0.4, 0.5) is 0 Å². The van der Waals surface area contributed by atoms with Gasteiger partial charge in [-0.3, -0.25) is 14.4 Å². The van der Waals surface area contributed by atoms with Crippen LogP contribution in [0.25, 0.3) is 22.6 Å². The molecule has 126 valence electrons. The van der Waals surface area contributed by atoms with Crippen molar-refractivity contribution in [3.05, 3.63) is 47.6 Å². The Balaban J connectivity index is 1.71. The number of thioether (sulfide) groups is 1. The standard InChI is InChI=1S/C17H14ClN5OS/c18-12-5-3-11(4-6-12)15-21-13-2-1-7-19-16(13)23(15)10-14(24)22-17-20-8-9-25-17/h1-7H,8-10H2,(H,20,22,24). The first-order valence-corrected chi connectivity index (χ1v) is 9.11. The van der Waals surface area contributed by atoms with E-state index in [1.807, 2.05) is 28.8 Å². The lowest BCUT2D eigenvalue weighted by molar-refractivity contribution is -0.120. The molecule has 25 heavy (non-hydrogen) atoms. The van der Waals surface area contributed by atoms with E-state index < -0.39 is 0 Å². The summed E-state index contributed by atoms with van der Waals surface area (Å²) in [4.78, 5) is 25.7. The van der Waals surface area contributed by atoms with Gasteiger partial charge in [-0.2, -0.15) is 0 Å². The number of hydrogen-bond acceptors (Lipinski definition) is 5. The summed E-state index contributed by atoms with van der Waals surface area (Å²) < 4.78 is 1.81. The van der Waals surface area contributed by atoms with Gasteiger partial charge in [0.1, 0.15) is 17.9 Å². The van der Waals surface area contributed by atoms with Crippen LogP contribution in [0.5, 0.6) is 0 Å². The summed E-state index contributed by atoms with van der Waals surface area (Å²) in [6, 6.07) is 11.1. The van der Waals surface area contributed by atoms with Crippen molar-refractivity contribution in [2.24, 2.45) is 4.99 Å². The largest absolute Gasteiger partial charge is 0.304 e. The number of fused-ring (bicyclic) bond motifs is 1. The lowest BCUT2D eigenvalue weighted by Gasteiger charge is -2.09. The molecule has 0 aliphatic carbocycles. The number of amidine groups is 1. The third-order valence-electron chi connectivity index (χ3n) is 3.74. The van der Waals surface area contributed by atoms with Gasteiger partial charge in [-0.25, -0.2) is 9.97 Å². The van der Waals surface area contributed by atoms with Gasteiger partial charge in [-0.1, -0.05) is 23.4 Å². The summed E-state index contributed by atoms with van der Waals surface area (Å²) in [5, 5.41) is 4.17. The number of imidazole rings is 1. The van der Waals surface area contributed by atoms with Crippen LogP contribution in [0.1, 0.15) is 0 Å². The van der Waals surface area contributed by atoms with Crippen molar-refractivity contribution in [3.63, 3.8) is 0 Å². The molecule has 0 spiro atoms. The highest BCUT2D eigenvalue weighted by atomic mass is 35.5. The molecule has 1 aliphatic heterocycles. The number of rotatable bonds is 3. The smallest absolute Gasteiger partial charge is 0.245 e. The summed E-state index contributed by atoms with van der Waals surface area (Å²) in [5.74, 6) is 1.44. The number of benzene rings is 1. The number of halogens is 1. The predicted molar refractivity (Wildman–Crippen MR) is 101 cm³/mol. The molecule has 2 aromatic heterocycles. The highest BCUT2D eigenvalue weighted by Gasteiger charge is 2.18. The maximum Gasteiger partial charge on any atom is 0.245 e. The molecule has 0 atom stereocenters. The molecule has 0 bridgehead atoms. The molecule has 1 aliphatic rings. The lowest BCUT2D eigenvalue weighted by Crippen LogP contribution is -2.31. The second-order valence-electron chi connectivity index (χ2n) is 5.46. The Morgan fingerprint density at radius 2 is 2.12 bits per heavy atom. The number of carbonyl (C=O) groups excluding carboxylic acids is 1. The van der Waals surface area contributed by atoms with Crippen molar-refractivity contribution in [2.45, 2.75) is 6.54 Å². The van der Waals surface area contributed by atoms with E-state index in [0.29, 0.717) is 21.7 Å². The van der Waals surface area contributed by atoms with Crippen molar-refractivity contribution in [2.75, 3.05) is 12.3 Å². The van der Waals surface area contributed by atoms with Crippen LogP contribution in [-0.4, -0.2) is 37.9 Å². The van der Waals surface area contributed by atoms with Crippen LogP contribution < -0.4 is 5.32 Å². The fraction of sp³-hybridized carbons (Fsp3) is 0.176. The van der Waals surface area contributed by atoms with Gasteiger partial charge in [0.2, 0.25) is 5.91 Å². The van der Waals surface area contributed by atoms with Crippen molar-refractivity contribution in [1.82, 2.24) is 19.9 Å². The Labute approximate surface area is 153 Å². The molecule has 1 aromatic carbocycles. The number of hydrogen-bond donors (Lipinski definition) is 1. The summed E-state index contributed by atoms with van der Waals surface area (Å²) in [6.45, 7) is 0.858. The highest BCUT2D eigenvalue weighted by Crippen LogP contribution is 2.25. The minimum atomic E-state index is -0.145. The molecule has 4 rings (SSSR count). The maximum atomic E-state index is 12.4. The molecule has 1 amide bonds. The topological polar surface area (TPSA) is 72.2 Å². The highest BCUT2D eigenvalue weighted by molar-refractivity contribution is 8.14. The average molecular weight is 372 g/mol. The van der Waals surface area contributed by atoms with E-state index in [9.17, 15) is 4.79 Å². The molecular weight excluding hydrogens is 358 g/mol. The van der Waals surface area contributed by atoms with Gasteiger partial charge in [0.15, 0.2) is 10.8 Å². The molecule has 0 saturated carbocycles. The number of aromatic nitrogens is 3. The van der Waals surface area contributed by atoms with Crippen LogP contribution in [0, 0.1) is 0 Å². The quantitative estimate of drug-likeness (QED) is 0.768. The van der Waals surface area contributed by atoms with E-state index >= 15 is 0 Å². The number of aliphatic imine (C=N–C) groups is 1. The van der Waals surface area contributed by atoms with Crippen molar-refractivity contribution in [3.8, 4) is 11.4 Å². The third-order valence-corrected chi connectivity index (χ3v) is 4.88. The third kappa shape index (κ3) is 3.38. The second kappa shape index (κ2) is 6.85. The molecule has 3 aromatic rings. The molecule has 0 fully saturated rings. The van der Waals surface area contributed by atoms with E-state index in [1.54, 1.807) is 30.1 Å². The van der Waals surface area contributed by atoms with E-state index in [0.717, 1.165) is 23.4 Å². The Morgan fingerprint density at radius 1 is 1.28 bits per heavy atom. The number of nitrogens with one attached hydrogen (secondary N) is 1. The lowest BCUT2D eigenvalue weighted by atomic mass is 10.2. The van der Waals surface area contributed by atoms with E-state index in [4.69, 9.17) is 11.6 Å². The second-order valence-corrected chi connectivity index (χ2v) is 6.98. The summed E-state index contributed by atoms with van der Waals surface area (Å²) >= 11 is 7.53. The van der Waals surface area contributed by atoms with Gasteiger partial charge in [0, 0.05) is 22.5 Å². The fourth-order valence-electron chi connectivity index (χ4n) is 2.64. The number of amides is 1. The van der Waals surface area contributed by atoms with Gasteiger partial charge < -0.3 is 5.32 Å². The zero-order valence-electron chi connectivity index (χ0n) is 13.1. The first-order valence-electron chi connectivity index (χ1n) is 7.75. The minimum Gasteiger partial charge on any atom is -0.304 e. The first-order chi connectivity index (χ1) is 12.2. The van der Waals surface area contributed by atoms with Gasteiger partial charge in [0.25, 0.3) is 0 Å². The zero-order valence-corrected chi connectivity index (χ0v) is 14.7. The van der Waals surface area contributed by atoms with Crippen LogP contribution in [0.2, 0.25) is 5.02 Å². The van der Waals surface area contributed by atoms with Gasteiger partial charge in [-0.15, -0.1) is 0 Å². The molecular formula is C17H14ClN5OS. The number of carbonyl (C=O) groups is 1. The van der Waals surface area contributed by atoms with Crippen LogP contribution in [-0.2, 0) is 11.3 Å². The molecule has 3 heterocycles. The van der Waals surface area contributed by atoms with Gasteiger partial charge >= 0.3 is 0 Å². The van der Waals surface area contributed by atoms with Crippen molar-refractivity contribution < 1.29 is 4.79 Å². The Bertz CT molecular complexity index is 967. The number of nitrogens with zero attached hydrogens (tertiary/aromatic N) is 4. The molecule has 0 radical (unpaired) electrons. The van der Waals surface area contributed by atoms with Gasteiger partial charge in [-0.05, 0) is 36.4 Å². The summed E-state index contributed by atoms with van der Waals surface area (Å²) in [5.41, 5.74) is 2.29. The SMILES string of the molecule is O=C(Cn1c(-c2ccc(Cl)cc2)nc2cccnc21)NC1=NCCS1. The minimum absolute atomic E-state index is 0.116. The molecule has 0 unspecified atom stereocenters. The van der Waals surface area contributed by atoms with Gasteiger partial charge in [0.05, 0.1) is 6.54 Å². The molecule has 0 saturated heterocycles. The maximum absolute atomic E-state index is 12.4. The Morgan fingerprint density at radius 3 is 2.88 bits per heavy atom. The zero-order chi connectivity index (χ0) is 17.2.